The number of rotatable bonds is 6. The lowest BCUT2D eigenvalue weighted by molar-refractivity contribution is -0.120. The summed E-state index contributed by atoms with van der Waals surface area (Å²) in [6.45, 7) is 5.69. The summed E-state index contributed by atoms with van der Waals surface area (Å²) in [6, 6.07) is 6.01. The molecule has 2 N–H and O–H groups in total. The van der Waals surface area contributed by atoms with E-state index in [0.29, 0.717) is 0 Å². The van der Waals surface area contributed by atoms with Gasteiger partial charge in [0.25, 0.3) is 0 Å². The van der Waals surface area contributed by atoms with Crippen LogP contribution in [-0.4, -0.2) is 32.5 Å². The van der Waals surface area contributed by atoms with Crippen molar-refractivity contribution in [3.63, 3.8) is 0 Å². The van der Waals surface area contributed by atoms with E-state index in [0.717, 1.165) is 6.42 Å². The van der Waals surface area contributed by atoms with Gasteiger partial charge >= 0.3 is 5.97 Å². The Morgan fingerprint density at radius 3 is 2.45 bits per heavy atom. The van der Waals surface area contributed by atoms with E-state index in [9.17, 15) is 13.8 Å². The molecular weight excluding hydrogens is 278 g/mol. The number of nitrogens with one attached hydrogen (secondary N) is 1. The number of carbonyl (C=O) groups is 2. The Kier molecular flexibility index (Phi) is 5.44. The van der Waals surface area contributed by atoms with E-state index in [1.807, 2.05) is 20.8 Å². The maximum Gasteiger partial charge on any atom is 0.336 e. The summed E-state index contributed by atoms with van der Waals surface area (Å²) < 4.78 is 12.1. The second kappa shape index (κ2) is 6.65. The molecule has 0 aromatic heterocycles. The van der Waals surface area contributed by atoms with Gasteiger partial charge in [0.1, 0.15) is 5.75 Å². The summed E-state index contributed by atoms with van der Waals surface area (Å²) in [5.74, 6) is -1.74. The number of hydrogen-bond donors (Lipinski definition) is 2. The average Bonchev–Trinajstić information content (AvgIpc) is 2.37. The van der Waals surface area contributed by atoms with Crippen LogP contribution in [0.15, 0.2) is 29.2 Å². The van der Waals surface area contributed by atoms with Gasteiger partial charge in [-0.15, -0.1) is 0 Å². The molecule has 0 radical (unpaired) electrons. The summed E-state index contributed by atoms with van der Waals surface area (Å²) in [5.41, 5.74) is -0.401. The van der Waals surface area contributed by atoms with E-state index in [2.05, 4.69) is 5.32 Å². The SMILES string of the molecule is CCC(C)(C)NC(=O)CS(=O)c1ccccc1C(=O)O. The van der Waals surface area contributed by atoms with Gasteiger partial charge in [0.15, 0.2) is 0 Å². The largest absolute Gasteiger partial charge is 0.478 e. The minimum Gasteiger partial charge on any atom is -0.478 e. The van der Waals surface area contributed by atoms with Crippen LogP contribution >= 0.6 is 0 Å². The smallest absolute Gasteiger partial charge is 0.336 e. The predicted molar refractivity (Wildman–Crippen MR) is 77.2 cm³/mol. The molecule has 0 saturated heterocycles. The molecule has 0 aliphatic carbocycles. The summed E-state index contributed by atoms with van der Waals surface area (Å²) in [7, 11) is -1.68. The monoisotopic (exact) mass is 297 g/mol. The van der Waals surface area contributed by atoms with Crippen LogP contribution in [0.4, 0.5) is 0 Å². The maximum absolute atomic E-state index is 12.1. The van der Waals surface area contributed by atoms with Crippen molar-refractivity contribution in [2.45, 2.75) is 37.6 Å². The Morgan fingerprint density at radius 1 is 1.30 bits per heavy atom. The van der Waals surface area contributed by atoms with Crippen molar-refractivity contribution in [2.75, 3.05) is 5.75 Å². The molecule has 1 aromatic rings. The van der Waals surface area contributed by atoms with E-state index in [1.165, 1.54) is 12.1 Å². The fraction of sp³-hybridized carbons (Fsp3) is 0.429. The zero-order valence-corrected chi connectivity index (χ0v) is 12.6. The summed E-state index contributed by atoms with van der Waals surface area (Å²) in [6.07, 6.45) is 0.747. The lowest BCUT2D eigenvalue weighted by Crippen LogP contribution is -2.44. The van der Waals surface area contributed by atoms with Gasteiger partial charge in [0, 0.05) is 5.54 Å². The van der Waals surface area contributed by atoms with E-state index in [1.54, 1.807) is 12.1 Å². The van der Waals surface area contributed by atoms with Crippen LogP contribution < -0.4 is 5.32 Å². The third kappa shape index (κ3) is 4.45. The number of aromatic carboxylic acids is 1. The first-order chi connectivity index (χ1) is 9.26. The van der Waals surface area contributed by atoms with E-state index in [-0.39, 0.29) is 27.7 Å². The molecule has 6 heteroatoms. The van der Waals surface area contributed by atoms with Gasteiger partial charge < -0.3 is 10.4 Å². The molecule has 0 saturated carbocycles. The minimum atomic E-state index is -1.68. The van der Waals surface area contributed by atoms with Crippen LogP contribution in [0, 0.1) is 0 Å². The molecule has 0 aliphatic heterocycles. The second-order valence-electron chi connectivity index (χ2n) is 5.08. The van der Waals surface area contributed by atoms with Crippen molar-refractivity contribution in [1.29, 1.82) is 0 Å². The number of carbonyl (C=O) groups excluding carboxylic acids is 1. The topological polar surface area (TPSA) is 83.5 Å². The molecule has 5 nitrogen and oxygen atoms in total. The van der Waals surface area contributed by atoms with Crippen molar-refractivity contribution in [1.82, 2.24) is 5.32 Å². The quantitative estimate of drug-likeness (QED) is 0.838. The third-order valence-corrected chi connectivity index (χ3v) is 4.36. The van der Waals surface area contributed by atoms with Gasteiger partial charge in [0.2, 0.25) is 5.91 Å². The molecule has 1 aromatic carbocycles. The lowest BCUT2D eigenvalue weighted by Gasteiger charge is -2.24. The maximum atomic E-state index is 12.1. The number of carboxylic acid groups (broad SMARTS) is 1. The highest BCUT2D eigenvalue weighted by Crippen LogP contribution is 2.14. The Bertz CT molecular complexity index is 540. The zero-order valence-electron chi connectivity index (χ0n) is 11.8. The molecule has 20 heavy (non-hydrogen) atoms. The first kappa shape index (κ1) is 16.4. The van der Waals surface area contributed by atoms with Gasteiger partial charge in [-0.1, -0.05) is 19.1 Å². The normalized spacial score (nSPS) is 12.8. The Hall–Kier alpha value is -1.69. The van der Waals surface area contributed by atoms with E-state index < -0.39 is 16.8 Å². The summed E-state index contributed by atoms with van der Waals surface area (Å²) in [5, 5.41) is 11.8. The molecule has 1 atom stereocenters. The van der Waals surface area contributed by atoms with Crippen LogP contribution in [0.1, 0.15) is 37.6 Å². The molecule has 1 rings (SSSR count). The van der Waals surface area contributed by atoms with Crippen molar-refractivity contribution in [3.8, 4) is 0 Å². The molecule has 1 unspecified atom stereocenters. The van der Waals surface area contributed by atoms with E-state index >= 15 is 0 Å². The molecule has 0 spiro atoms. The van der Waals surface area contributed by atoms with Crippen LogP contribution in [0.2, 0.25) is 0 Å². The Morgan fingerprint density at radius 2 is 1.90 bits per heavy atom. The van der Waals surface area contributed by atoms with Crippen LogP contribution in [0.5, 0.6) is 0 Å². The number of carboxylic acids is 1. The first-order valence-electron chi connectivity index (χ1n) is 6.28. The summed E-state index contributed by atoms with van der Waals surface area (Å²) >= 11 is 0. The van der Waals surface area contributed by atoms with Crippen molar-refractivity contribution in [3.05, 3.63) is 29.8 Å². The number of benzene rings is 1. The molecule has 0 bridgehead atoms. The van der Waals surface area contributed by atoms with E-state index in [4.69, 9.17) is 5.11 Å². The fourth-order valence-electron chi connectivity index (χ4n) is 1.54. The van der Waals surface area contributed by atoms with Gasteiger partial charge in [-0.3, -0.25) is 9.00 Å². The molecule has 0 aliphatic rings. The fourth-order valence-corrected chi connectivity index (χ4v) is 2.64. The zero-order chi connectivity index (χ0) is 15.3. The minimum absolute atomic E-state index is 0.0339. The van der Waals surface area contributed by atoms with Crippen LogP contribution in [0.3, 0.4) is 0 Å². The molecular formula is C14H19NO4S. The number of amides is 1. The molecule has 0 fully saturated rings. The summed E-state index contributed by atoms with van der Waals surface area (Å²) in [4.78, 5) is 23.1. The third-order valence-electron chi connectivity index (χ3n) is 2.99. The average molecular weight is 297 g/mol. The number of hydrogen-bond acceptors (Lipinski definition) is 3. The highest BCUT2D eigenvalue weighted by molar-refractivity contribution is 7.85. The molecule has 110 valence electrons. The Labute approximate surface area is 120 Å². The van der Waals surface area contributed by atoms with Gasteiger partial charge in [-0.2, -0.15) is 0 Å². The van der Waals surface area contributed by atoms with Gasteiger partial charge in [-0.25, -0.2) is 4.79 Å². The highest BCUT2D eigenvalue weighted by Gasteiger charge is 2.21. The van der Waals surface area contributed by atoms with Crippen LogP contribution in [0.25, 0.3) is 0 Å². The first-order valence-corrected chi connectivity index (χ1v) is 7.60. The predicted octanol–water partition coefficient (Wildman–Crippen LogP) is 1.80. The lowest BCUT2D eigenvalue weighted by atomic mass is 10.0. The van der Waals surface area contributed by atoms with Crippen molar-refractivity contribution >= 4 is 22.7 Å². The Balaban J connectivity index is 2.82. The molecule has 0 heterocycles. The van der Waals surface area contributed by atoms with Gasteiger partial charge in [-0.05, 0) is 32.4 Å². The second-order valence-corrected chi connectivity index (χ2v) is 6.50. The highest BCUT2D eigenvalue weighted by atomic mass is 32.2. The van der Waals surface area contributed by atoms with Crippen molar-refractivity contribution < 1.29 is 18.9 Å². The van der Waals surface area contributed by atoms with Gasteiger partial charge in [0.05, 0.1) is 21.3 Å². The standard InChI is InChI=1S/C14H19NO4S/c1-4-14(2,3)15-12(16)9-20(19)11-8-6-5-7-10(11)13(17)18/h5-8H,4,9H2,1-3H3,(H,15,16)(H,17,18). The van der Waals surface area contributed by atoms with Crippen molar-refractivity contribution in [2.24, 2.45) is 0 Å². The van der Waals surface area contributed by atoms with Crippen LogP contribution in [-0.2, 0) is 15.6 Å². The molecule has 1 amide bonds.